The minimum absolute atomic E-state index is 0.0541. The molecule has 6 heteroatoms. The van der Waals surface area contributed by atoms with Gasteiger partial charge in [-0.25, -0.2) is 4.68 Å². The SMILES string of the molecule is CC(C)N(c1ccccc1)C1C(O)C(c2c(-c3ccccc3)[nH]n(-c3ccccc3)c2=O)C1O. The Morgan fingerprint density at radius 1 is 0.824 bits per heavy atom. The van der Waals surface area contributed by atoms with Gasteiger partial charge in [-0.3, -0.25) is 9.89 Å². The second-order valence-corrected chi connectivity index (χ2v) is 9.08. The largest absolute Gasteiger partial charge is 0.390 e. The fourth-order valence-corrected chi connectivity index (χ4v) is 5.11. The van der Waals surface area contributed by atoms with Gasteiger partial charge in [-0.2, -0.15) is 0 Å². The predicted molar refractivity (Wildman–Crippen MR) is 134 cm³/mol. The number of nitrogens with zero attached hydrogens (tertiary/aromatic N) is 2. The molecule has 0 bridgehead atoms. The van der Waals surface area contributed by atoms with Crippen LogP contribution in [-0.2, 0) is 0 Å². The van der Waals surface area contributed by atoms with Crippen LogP contribution in [-0.4, -0.2) is 44.3 Å². The number of rotatable bonds is 6. The second-order valence-electron chi connectivity index (χ2n) is 9.08. The average Bonchev–Trinajstić information content (AvgIpc) is 3.20. The van der Waals surface area contributed by atoms with Crippen molar-refractivity contribution in [3.63, 3.8) is 0 Å². The van der Waals surface area contributed by atoms with Gasteiger partial charge < -0.3 is 15.1 Å². The number of aliphatic hydroxyl groups is 2. The van der Waals surface area contributed by atoms with E-state index < -0.39 is 24.2 Å². The van der Waals surface area contributed by atoms with Crippen molar-refractivity contribution in [1.82, 2.24) is 9.78 Å². The van der Waals surface area contributed by atoms with Crippen LogP contribution in [0, 0.1) is 0 Å². The summed E-state index contributed by atoms with van der Waals surface area (Å²) in [4.78, 5) is 15.7. The molecule has 1 saturated carbocycles. The summed E-state index contributed by atoms with van der Waals surface area (Å²) < 4.78 is 1.49. The lowest BCUT2D eigenvalue weighted by Gasteiger charge is -2.53. The van der Waals surface area contributed by atoms with Gasteiger partial charge in [-0.1, -0.05) is 66.7 Å². The highest BCUT2D eigenvalue weighted by Crippen LogP contribution is 2.44. The molecule has 2 unspecified atom stereocenters. The molecule has 0 spiro atoms. The van der Waals surface area contributed by atoms with Gasteiger partial charge in [-0.05, 0) is 43.7 Å². The fraction of sp³-hybridized carbons (Fsp3) is 0.250. The molecule has 0 saturated heterocycles. The normalized spacial score (nSPS) is 21.9. The highest BCUT2D eigenvalue weighted by atomic mass is 16.3. The fourth-order valence-electron chi connectivity index (χ4n) is 5.11. The zero-order chi connectivity index (χ0) is 23.8. The lowest BCUT2D eigenvalue weighted by atomic mass is 9.68. The summed E-state index contributed by atoms with van der Waals surface area (Å²) in [6, 6.07) is 28.2. The molecule has 1 aliphatic rings. The van der Waals surface area contributed by atoms with E-state index in [9.17, 15) is 15.0 Å². The van der Waals surface area contributed by atoms with Crippen LogP contribution >= 0.6 is 0 Å². The van der Waals surface area contributed by atoms with E-state index in [1.165, 1.54) is 4.68 Å². The topological polar surface area (TPSA) is 81.5 Å². The van der Waals surface area contributed by atoms with Crippen LogP contribution in [0.4, 0.5) is 5.69 Å². The highest BCUT2D eigenvalue weighted by molar-refractivity contribution is 5.65. The summed E-state index contributed by atoms with van der Waals surface area (Å²) in [5.41, 5.74) is 3.22. The number of hydrogen-bond acceptors (Lipinski definition) is 4. The molecule has 0 aliphatic heterocycles. The van der Waals surface area contributed by atoms with Gasteiger partial charge >= 0.3 is 0 Å². The van der Waals surface area contributed by atoms with Crippen LogP contribution < -0.4 is 10.5 Å². The minimum Gasteiger partial charge on any atom is -0.390 e. The maximum Gasteiger partial charge on any atom is 0.275 e. The molecule has 0 radical (unpaired) electrons. The molecule has 1 aromatic heterocycles. The molecule has 34 heavy (non-hydrogen) atoms. The Hall–Kier alpha value is -3.61. The first-order chi connectivity index (χ1) is 16.5. The van der Waals surface area contributed by atoms with Crippen molar-refractivity contribution in [2.75, 3.05) is 4.90 Å². The average molecular weight is 456 g/mol. The van der Waals surface area contributed by atoms with Crippen LogP contribution in [0.3, 0.4) is 0 Å². The van der Waals surface area contributed by atoms with Gasteiger partial charge in [0.15, 0.2) is 0 Å². The Labute approximate surface area is 198 Å². The van der Waals surface area contributed by atoms with E-state index in [2.05, 4.69) is 5.10 Å². The zero-order valence-corrected chi connectivity index (χ0v) is 19.2. The van der Waals surface area contributed by atoms with Gasteiger partial charge in [0.25, 0.3) is 5.56 Å². The zero-order valence-electron chi connectivity index (χ0n) is 19.2. The van der Waals surface area contributed by atoms with Crippen LogP contribution in [0.5, 0.6) is 0 Å². The molecule has 1 fully saturated rings. The van der Waals surface area contributed by atoms with Crippen LogP contribution in [0.2, 0.25) is 0 Å². The number of aromatic amines is 1. The summed E-state index contributed by atoms with van der Waals surface area (Å²) >= 11 is 0. The lowest BCUT2D eigenvalue weighted by molar-refractivity contribution is -0.0791. The number of aromatic nitrogens is 2. The summed E-state index contributed by atoms with van der Waals surface area (Å²) in [5.74, 6) is -0.709. The summed E-state index contributed by atoms with van der Waals surface area (Å²) in [7, 11) is 0. The Morgan fingerprint density at radius 2 is 1.35 bits per heavy atom. The third-order valence-electron chi connectivity index (χ3n) is 6.70. The summed E-state index contributed by atoms with van der Waals surface area (Å²) in [6.45, 7) is 4.07. The molecule has 2 atom stereocenters. The Kier molecular flexibility index (Phi) is 5.86. The maximum atomic E-state index is 13.7. The Balaban J connectivity index is 1.59. The number of hydrogen-bond donors (Lipinski definition) is 3. The van der Waals surface area contributed by atoms with E-state index in [1.807, 2.05) is 110 Å². The molecule has 1 heterocycles. The highest BCUT2D eigenvalue weighted by Gasteiger charge is 2.55. The summed E-state index contributed by atoms with van der Waals surface area (Å²) in [5, 5.41) is 26.0. The van der Waals surface area contributed by atoms with Gasteiger partial charge in [0.05, 0.1) is 35.2 Å². The number of aliphatic hydroxyl groups excluding tert-OH is 2. The van der Waals surface area contributed by atoms with Crippen molar-refractivity contribution >= 4 is 5.69 Å². The first-order valence-corrected chi connectivity index (χ1v) is 11.6. The number of nitrogens with one attached hydrogen (secondary N) is 1. The minimum atomic E-state index is -0.909. The second kappa shape index (κ2) is 8.97. The van der Waals surface area contributed by atoms with Crippen molar-refractivity contribution < 1.29 is 10.2 Å². The molecular formula is C28H29N3O3. The molecule has 1 aliphatic carbocycles. The quantitative estimate of drug-likeness (QED) is 0.411. The van der Waals surface area contributed by atoms with Crippen molar-refractivity contribution in [3.05, 3.63) is 107 Å². The van der Waals surface area contributed by atoms with Crippen LogP contribution in [0.15, 0.2) is 95.8 Å². The maximum absolute atomic E-state index is 13.7. The molecule has 6 nitrogen and oxygen atoms in total. The Morgan fingerprint density at radius 3 is 1.91 bits per heavy atom. The van der Waals surface area contributed by atoms with Crippen LogP contribution in [0.25, 0.3) is 16.9 Å². The summed E-state index contributed by atoms with van der Waals surface area (Å²) in [6.07, 6.45) is -1.82. The number of anilines is 1. The molecule has 174 valence electrons. The molecular weight excluding hydrogens is 426 g/mol. The van der Waals surface area contributed by atoms with Crippen molar-refractivity contribution in [2.45, 2.75) is 44.1 Å². The van der Waals surface area contributed by atoms with Crippen LogP contribution in [0.1, 0.15) is 25.3 Å². The number of benzene rings is 3. The van der Waals surface area contributed by atoms with Gasteiger partial charge in [0.1, 0.15) is 0 Å². The lowest BCUT2D eigenvalue weighted by Crippen LogP contribution is -2.67. The molecule has 0 amide bonds. The monoisotopic (exact) mass is 455 g/mol. The van der Waals surface area contributed by atoms with Crippen molar-refractivity contribution in [3.8, 4) is 16.9 Å². The van der Waals surface area contributed by atoms with E-state index in [0.717, 1.165) is 11.3 Å². The Bertz CT molecular complexity index is 1290. The predicted octanol–water partition coefficient (Wildman–Crippen LogP) is 3.94. The number of para-hydroxylation sites is 2. The van der Waals surface area contributed by atoms with E-state index in [1.54, 1.807) is 0 Å². The van der Waals surface area contributed by atoms with Crippen molar-refractivity contribution in [2.24, 2.45) is 0 Å². The van der Waals surface area contributed by atoms with Gasteiger partial charge in [-0.15, -0.1) is 0 Å². The standard InChI is InChI=1S/C28H29N3O3/c1-18(2)30(20-14-8-4-9-15-20)25-26(32)23(27(25)33)22-24(19-12-6-3-7-13-19)29-31(28(22)34)21-16-10-5-11-17-21/h3-18,23,25-27,29,32-33H,1-2H3. The molecule has 4 aromatic rings. The van der Waals surface area contributed by atoms with E-state index in [-0.39, 0.29) is 11.6 Å². The van der Waals surface area contributed by atoms with E-state index >= 15 is 0 Å². The molecule has 3 N–H and O–H groups in total. The number of H-pyrrole nitrogens is 1. The first-order valence-electron chi connectivity index (χ1n) is 11.6. The molecule has 3 aromatic carbocycles. The third-order valence-corrected chi connectivity index (χ3v) is 6.70. The van der Waals surface area contributed by atoms with Crippen molar-refractivity contribution in [1.29, 1.82) is 0 Å². The smallest absolute Gasteiger partial charge is 0.275 e. The van der Waals surface area contributed by atoms with Gasteiger partial charge in [0.2, 0.25) is 0 Å². The first kappa shape index (κ1) is 22.2. The van der Waals surface area contributed by atoms with Gasteiger partial charge in [0, 0.05) is 17.6 Å². The van der Waals surface area contributed by atoms with E-state index in [0.29, 0.717) is 16.9 Å². The molecule has 5 rings (SSSR count). The van der Waals surface area contributed by atoms with E-state index in [4.69, 9.17) is 0 Å². The third kappa shape index (κ3) is 3.65.